The van der Waals surface area contributed by atoms with Crippen LogP contribution in [0.2, 0.25) is 0 Å². The van der Waals surface area contributed by atoms with Crippen LogP contribution >= 0.6 is 0 Å². The number of methoxy groups -OCH3 is 1. The standard InChI is InChI=1S/C26H27NO5/c1-31-22-13-11-21(12-14-22)26(30,19-5-3-2-4-6-19)20-9-7-18(8-10-20)25(29)27-17-24-23(28)15-16-32-24/h2-14,23-24,28,30H,15-17H2,1H3,(H,27,29)/t23-,24+,26?/m0/s1. The number of benzene rings is 3. The third-order valence-electron chi connectivity index (χ3n) is 5.90. The smallest absolute Gasteiger partial charge is 0.251 e. The van der Waals surface area contributed by atoms with Gasteiger partial charge >= 0.3 is 0 Å². The molecule has 0 radical (unpaired) electrons. The SMILES string of the molecule is COc1ccc(C(O)(c2ccccc2)c2ccc(C(=O)NC[C@H]3OCC[C@@H]3O)cc2)cc1. The Morgan fingerprint density at radius 3 is 2.16 bits per heavy atom. The summed E-state index contributed by atoms with van der Waals surface area (Å²) >= 11 is 0. The minimum absolute atomic E-state index is 0.252. The van der Waals surface area contributed by atoms with Crippen LogP contribution in [0.15, 0.2) is 78.9 Å². The lowest BCUT2D eigenvalue weighted by atomic mass is 9.80. The van der Waals surface area contributed by atoms with Crippen LogP contribution in [0.25, 0.3) is 0 Å². The summed E-state index contributed by atoms with van der Waals surface area (Å²) in [4.78, 5) is 12.6. The van der Waals surface area contributed by atoms with Crippen LogP contribution in [-0.2, 0) is 10.3 Å². The molecule has 3 aromatic rings. The van der Waals surface area contributed by atoms with Crippen LogP contribution in [0.5, 0.6) is 5.75 Å². The molecule has 1 aliphatic rings. The van der Waals surface area contributed by atoms with Crippen LogP contribution in [0.4, 0.5) is 0 Å². The zero-order chi connectivity index (χ0) is 22.6. The van der Waals surface area contributed by atoms with Crippen LogP contribution in [0, 0.1) is 0 Å². The zero-order valence-electron chi connectivity index (χ0n) is 17.9. The second kappa shape index (κ2) is 9.53. The molecule has 0 spiro atoms. The molecule has 3 atom stereocenters. The summed E-state index contributed by atoms with van der Waals surface area (Å²) in [7, 11) is 1.60. The monoisotopic (exact) mass is 433 g/mol. The van der Waals surface area contributed by atoms with Crippen molar-refractivity contribution in [3.8, 4) is 5.75 Å². The Morgan fingerprint density at radius 2 is 1.59 bits per heavy atom. The van der Waals surface area contributed by atoms with E-state index < -0.39 is 11.7 Å². The van der Waals surface area contributed by atoms with Gasteiger partial charge < -0.3 is 25.0 Å². The third-order valence-corrected chi connectivity index (χ3v) is 5.90. The first kappa shape index (κ1) is 22.0. The first-order valence-corrected chi connectivity index (χ1v) is 10.6. The first-order chi connectivity index (χ1) is 15.5. The van der Waals surface area contributed by atoms with Gasteiger partial charge in [-0.3, -0.25) is 4.79 Å². The van der Waals surface area contributed by atoms with Gasteiger partial charge in [0.05, 0.1) is 13.2 Å². The second-order valence-electron chi connectivity index (χ2n) is 7.86. The van der Waals surface area contributed by atoms with E-state index in [1.165, 1.54) is 0 Å². The first-order valence-electron chi connectivity index (χ1n) is 10.6. The highest BCUT2D eigenvalue weighted by Crippen LogP contribution is 2.37. The molecule has 0 aromatic heterocycles. The van der Waals surface area contributed by atoms with Gasteiger partial charge in [0.2, 0.25) is 0 Å². The molecule has 1 unspecified atom stereocenters. The number of rotatable bonds is 7. The Bertz CT molecular complexity index is 1040. The second-order valence-corrected chi connectivity index (χ2v) is 7.86. The van der Waals surface area contributed by atoms with Crippen molar-refractivity contribution in [3.63, 3.8) is 0 Å². The summed E-state index contributed by atoms with van der Waals surface area (Å²) in [5.41, 5.74) is 1.11. The topological polar surface area (TPSA) is 88.0 Å². The molecule has 4 rings (SSSR count). The van der Waals surface area contributed by atoms with E-state index in [1.54, 1.807) is 31.4 Å². The summed E-state index contributed by atoms with van der Waals surface area (Å²) in [6.07, 6.45) is -0.349. The van der Waals surface area contributed by atoms with Gasteiger partial charge in [-0.15, -0.1) is 0 Å². The molecule has 6 nitrogen and oxygen atoms in total. The summed E-state index contributed by atoms with van der Waals surface area (Å²) in [5, 5.41) is 24.5. The molecule has 32 heavy (non-hydrogen) atoms. The number of aliphatic hydroxyl groups excluding tert-OH is 1. The van der Waals surface area contributed by atoms with Crippen LogP contribution < -0.4 is 10.1 Å². The average molecular weight is 434 g/mol. The predicted molar refractivity (Wildman–Crippen MR) is 121 cm³/mol. The minimum atomic E-state index is -1.40. The number of aliphatic hydroxyl groups is 2. The molecule has 1 aliphatic heterocycles. The number of hydrogen-bond donors (Lipinski definition) is 3. The summed E-state index contributed by atoms with van der Waals surface area (Å²) < 4.78 is 10.7. The third kappa shape index (κ3) is 4.39. The highest BCUT2D eigenvalue weighted by atomic mass is 16.5. The molecule has 3 aromatic carbocycles. The fourth-order valence-electron chi connectivity index (χ4n) is 4.00. The number of amides is 1. The van der Waals surface area contributed by atoms with Crippen molar-refractivity contribution < 1.29 is 24.5 Å². The molecule has 0 aliphatic carbocycles. The van der Waals surface area contributed by atoms with E-state index >= 15 is 0 Å². The van der Waals surface area contributed by atoms with Crippen molar-refractivity contribution in [2.24, 2.45) is 0 Å². The maximum atomic E-state index is 12.6. The van der Waals surface area contributed by atoms with Gasteiger partial charge in [0.1, 0.15) is 17.5 Å². The van der Waals surface area contributed by atoms with Crippen LogP contribution in [-0.4, -0.2) is 48.6 Å². The van der Waals surface area contributed by atoms with Gasteiger partial charge in [-0.05, 0) is 47.4 Å². The summed E-state index contributed by atoms with van der Waals surface area (Å²) in [6.45, 7) is 0.751. The lowest BCUT2D eigenvalue weighted by Gasteiger charge is -2.30. The van der Waals surface area contributed by atoms with Crippen molar-refractivity contribution >= 4 is 5.91 Å². The Kier molecular flexibility index (Phi) is 6.55. The van der Waals surface area contributed by atoms with Crippen molar-refractivity contribution in [3.05, 3.63) is 101 Å². The number of carbonyl (C=O) groups excluding carboxylic acids is 1. The number of nitrogens with one attached hydrogen (secondary N) is 1. The normalized spacial score (nSPS) is 19.8. The molecule has 1 amide bonds. The fourth-order valence-corrected chi connectivity index (χ4v) is 4.00. The van der Waals surface area contributed by atoms with Crippen molar-refractivity contribution in [1.82, 2.24) is 5.32 Å². The molecular weight excluding hydrogens is 406 g/mol. The predicted octanol–water partition coefficient (Wildman–Crippen LogP) is 2.86. The van der Waals surface area contributed by atoms with Gasteiger partial charge in [-0.2, -0.15) is 0 Å². The van der Waals surface area contributed by atoms with Gasteiger partial charge in [0.25, 0.3) is 5.91 Å². The minimum Gasteiger partial charge on any atom is -0.497 e. The highest BCUT2D eigenvalue weighted by Gasteiger charge is 2.34. The van der Waals surface area contributed by atoms with E-state index in [1.807, 2.05) is 54.6 Å². The number of ether oxygens (including phenoxy) is 2. The Labute approximate surface area is 187 Å². The van der Waals surface area contributed by atoms with Gasteiger partial charge in [-0.1, -0.05) is 54.6 Å². The summed E-state index contributed by atoms with van der Waals surface area (Å²) in [5.74, 6) is 0.444. The van der Waals surface area contributed by atoms with Crippen molar-refractivity contribution in [1.29, 1.82) is 0 Å². The van der Waals surface area contributed by atoms with Crippen molar-refractivity contribution in [2.45, 2.75) is 24.2 Å². The molecule has 166 valence electrons. The maximum Gasteiger partial charge on any atom is 0.251 e. The van der Waals surface area contributed by atoms with Crippen molar-refractivity contribution in [2.75, 3.05) is 20.3 Å². The highest BCUT2D eigenvalue weighted by molar-refractivity contribution is 5.94. The fraction of sp³-hybridized carbons (Fsp3) is 0.269. The summed E-state index contributed by atoms with van der Waals surface area (Å²) in [6, 6.07) is 23.6. The Morgan fingerprint density at radius 1 is 1.00 bits per heavy atom. The van der Waals surface area contributed by atoms with E-state index in [-0.39, 0.29) is 18.6 Å². The molecule has 0 bridgehead atoms. The molecule has 3 N–H and O–H groups in total. The maximum absolute atomic E-state index is 12.6. The lowest BCUT2D eigenvalue weighted by Crippen LogP contribution is -2.37. The molecule has 6 heteroatoms. The van der Waals surface area contributed by atoms with E-state index in [9.17, 15) is 15.0 Å². The number of carbonyl (C=O) groups is 1. The quantitative estimate of drug-likeness (QED) is 0.499. The van der Waals surface area contributed by atoms with E-state index in [0.717, 1.165) is 5.56 Å². The van der Waals surface area contributed by atoms with E-state index in [2.05, 4.69) is 5.32 Å². The molecule has 1 heterocycles. The molecule has 1 fully saturated rings. The Balaban J connectivity index is 1.60. The van der Waals surface area contributed by atoms with E-state index in [4.69, 9.17) is 9.47 Å². The van der Waals surface area contributed by atoms with Gasteiger partial charge in [0.15, 0.2) is 0 Å². The lowest BCUT2D eigenvalue weighted by molar-refractivity contribution is 0.0416. The Hall–Kier alpha value is -3.19. The van der Waals surface area contributed by atoms with Crippen LogP contribution in [0.3, 0.4) is 0 Å². The molecule has 1 saturated heterocycles. The van der Waals surface area contributed by atoms with Crippen LogP contribution in [0.1, 0.15) is 33.5 Å². The average Bonchev–Trinajstić information content (AvgIpc) is 3.27. The zero-order valence-corrected chi connectivity index (χ0v) is 17.9. The molecular formula is C26H27NO5. The van der Waals surface area contributed by atoms with Gasteiger partial charge in [0, 0.05) is 18.7 Å². The molecule has 0 saturated carbocycles. The van der Waals surface area contributed by atoms with Gasteiger partial charge in [-0.25, -0.2) is 0 Å². The number of hydrogen-bond acceptors (Lipinski definition) is 5. The van der Waals surface area contributed by atoms with E-state index in [0.29, 0.717) is 35.5 Å². The largest absolute Gasteiger partial charge is 0.497 e.